The summed E-state index contributed by atoms with van der Waals surface area (Å²) in [6, 6.07) is 15.0. The maximum absolute atomic E-state index is 11.4. The van der Waals surface area contributed by atoms with Crippen LogP contribution in [-0.2, 0) is 11.2 Å². The van der Waals surface area contributed by atoms with Gasteiger partial charge in [0, 0.05) is 6.92 Å². The van der Waals surface area contributed by atoms with Crippen LogP contribution in [0.1, 0.15) is 29.7 Å². The molecule has 0 saturated heterocycles. The largest absolute Gasteiger partial charge is 0.349 e. The zero-order chi connectivity index (χ0) is 13.4. The lowest BCUT2D eigenvalue weighted by molar-refractivity contribution is -0.119. The van der Waals surface area contributed by atoms with E-state index < -0.39 is 0 Å². The highest BCUT2D eigenvalue weighted by Gasteiger charge is 2.24. The van der Waals surface area contributed by atoms with Gasteiger partial charge in [0.1, 0.15) is 0 Å². The summed E-state index contributed by atoms with van der Waals surface area (Å²) in [5.41, 5.74) is 6.34. The summed E-state index contributed by atoms with van der Waals surface area (Å²) in [6.45, 7) is 3.69. The summed E-state index contributed by atoms with van der Waals surface area (Å²) in [7, 11) is 0. The lowest BCUT2D eigenvalue weighted by Gasteiger charge is -2.28. The quantitative estimate of drug-likeness (QED) is 0.827. The van der Waals surface area contributed by atoms with Gasteiger partial charge in [0.05, 0.1) is 6.04 Å². The maximum Gasteiger partial charge on any atom is 0.217 e. The van der Waals surface area contributed by atoms with Gasteiger partial charge in [0.15, 0.2) is 0 Å². The van der Waals surface area contributed by atoms with Crippen LogP contribution >= 0.6 is 0 Å². The molecule has 0 radical (unpaired) electrons. The van der Waals surface area contributed by atoms with Crippen LogP contribution in [0.3, 0.4) is 0 Å². The Balaban J connectivity index is 2.15. The molecule has 0 fully saturated rings. The molecule has 0 unspecified atom stereocenters. The number of rotatable bonds is 1. The third-order valence-electron chi connectivity index (χ3n) is 3.69. The average molecular weight is 251 g/mol. The Labute approximate surface area is 113 Å². The van der Waals surface area contributed by atoms with Gasteiger partial charge in [0.2, 0.25) is 5.91 Å². The second-order valence-electron chi connectivity index (χ2n) is 5.21. The standard InChI is InChI=1S/C17H17NO/c1-11-7-8-13-10-17(18-12(2)19)15-6-4-3-5-14(15)16(13)9-11/h3-9,17H,10H2,1-2H3,(H,18,19)/t17-/m0/s1. The van der Waals surface area contributed by atoms with Crippen LogP contribution in [0.5, 0.6) is 0 Å². The molecular weight excluding hydrogens is 234 g/mol. The number of carbonyl (C=O) groups is 1. The van der Waals surface area contributed by atoms with Crippen LogP contribution in [0.2, 0.25) is 0 Å². The van der Waals surface area contributed by atoms with Crippen LogP contribution in [-0.4, -0.2) is 5.91 Å². The summed E-state index contributed by atoms with van der Waals surface area (Å²) in [4.78, 5) is 11.4. The van der Waals surface area contributed by atoms with Gasteiger partial charge in [0.25, 0.3) is 0 Å². The molecule has 1 amide bonds. The Morgan fingerprint density at radius 1 is 1.16 bits per heavy atom. The van der Waals surface area contributed by atoms with Crippen LogP contribution < -0.4 is 5.32 Å². The summed E-state index contributed by atoms with van der Waals surface area (Å²) in [6.07, 6.45) is 0.867. The van der Waals surface area contributed by atoms with E-state index in [4.69, 9.17) is 0 Å². The average Bonchev–Trinajstić information content (AvgIpc) is 2.39. The number of hydrogen-bond acceptors (Lipinski definition) is 1. The van der Waals surface area contributed by atoms with Crippen LogP contribution in [0.15, 0.2) is 42.5 Å². The monoisotopic (exact) mass is 251 g/mol. The van der Waals surface area contributed by atoms with E-state index in [1.54, 1.807) is 6.92 Å². The van der Waals surface area contributed by atoms with E-state index in [9.17, 15) is 4.79 Å². The molecule has 96 valence electrons. The SMILES string of the molecule is CC(=O)N[C@H]1Cc2ccc(C)cc2-c2ccccc21. The van der Waals surface area contributed by atoms with Gasteiger partial charge in [-0.3, -0.25) is 4.79 Å². The second-order valence-corrected chi connectivity index (χ2v) is 5.21. The topological polar surface area (TPSA) is 29.1 Å². The normalized spacial score (nSPS) is 16.4. The minimum Gasteiger partial charge on any atom is -0.349 e. The van der Waals surface area contributed by atoms with Gasteiger partial charge in [-0.1, -0.05) is 48.0 Å². The molecule has 2 nitrogen and oxygen atoms in total. The minimum atomic E-state index is 0.0235. The number of carbonyl (C=O) groups excluding carboxylic acids is 1. The van der Waals surface area contributed by atoms with Crippen molar-refractivity contribution >= 4 is 5.91 Å². The molecule has 3 rings (SSSR count). The van der Waals surface area contributed by atoms with E-state index in [2.05, 4.69) is 48.6 Å². The first-order chi connectivity index (χ1) is 9.15. The molecule has 1 N–H and O–H groups in total. The van der Waals surface area contributed by atoms with Crippen LogP contribution in [0, 0.1) is 6.92 Å². The molecular formula is C17H17NO. The van der Waals surface area contributed by atoms with Crippen LogP contribution in [0.4, 0.5) is 0 Å². The van der Waals surface area contributed by atoms with Gasteiger partial charge in [-0.2, -0.15) is 0 Å². The molecule has 1 aliphatic rings. The number of hydrogen-bond donors (Lipinski definition) is 1. The van der Waals surface area contributed by atoms with E-state index in [-0.39, 0.29) is 11.9 Å². The van der Waals surface area contributed by atoms with E-state index in [1.807, 2.05) is 6.07 Å². The summed E-state index contributed by atoms with van der Waals surface area (Å²) in [5.74, 6) is 0.0235. The van der Waals surface area contributed by atoms with Crippen molar-refractivity contribution in [2.24, 2.45) is 0 Å². The van der Waals surface area contributed by atoms with E-state index in [0.717, 1.165) is 6.42 Å². The highest BCUT2D eigenvalue weighted by atomic mass is 16.1. The van der Waals surface area contributed by atoms with Crippen molar-refractivity contribution in [1.82, 2.24) is 5.32 Å². The molecule has 2 heteroatoms. The Bertz CT molecular complexity index is 645. The molecule has 0 saturated carbocycles. The number of amides is 1. The zero-order valence-corrected chi connectivity index (χ0v) is 11.2. The summed E-state index contributed by atoms with van der Waals surface area (Å²) >= 11 is 0. The zero-order valence-electron chi connectivity index (χ0n) is 11.2. The fourth-order valence-electron chi connectivity index (χ4n) is 2.87. The second kappa shape index (κ2) is 4.54. The third-order valence-corrected chi connectivity index (χ3v) is 3.69. The molecule has 0 aliphatic heterocycles. The van der Waals surface area contributed by atoms with E-state index in [1.165, 1.54) is 27.8 Å². The van der Waals surface area contributed by atoms with Gasteiger partial charge in [-0.25, -0.2) is 0 Å². The lowest BCUT2D eigenvalue weighted by Crippen LogP contribution is -2.30. The van der Waals surface area contributed by atoms with Crippen molar-refractivity contribution in [2.75, 3.05) is 0 Å². The Morgan fingerprint density at radius 3 is 2.74 bits per heavy atom. The maximum atomic E-state index is 11.4. The summed E-state index contributed by atoms with van der Waals surface area (Å²) in [5, 5.41) is 3.05. The first kappa shape index (κ1) is 12.0. The fraction of sp³-hybridized carbons (Fsp3) is 0.235. The molecule has 1 atom stereocenters. The smallest absolute Gasteiger partial charge is 0.217 e. The predicted molar refractivity (Wildman–Crippen MR) is 76.9 cm³/mol. The number of nitrogens with one attached hydrogen (secondary N) is 1. The highest BCUT2D eigenvalue weighted by Crippen LogP contribution is 2.38. The van der Waals surface area contributed by atoms with Crippen LogP contribution in [0.25, 0.3) is 11.1 Å². The van der Waals surface area contributed by atoms with Crippen molar-refractivity contribution in [3.63, 3.8) is 0 Å². The fourth-order valence-corrected chi connectivity index (χ4v) is 2.87. The molecule has 2 aromatic carbocycles. The third kappa shape index (κ3) is 2.14. The molecule has 0 heterocycles. The molecule has 1 aliphatic carbocycles. The van der Waals surface area contributed by atoms with Crippen molar-refractivity contribution in [3.05, 3.63) is 59.2 Å². The highest BCUT2D eigenvalue weighted by molar-refractivity contribution is 5.78. The number of benzene rings is 2. The minimum absolute atomic E-state index is 0.0235. The van der Waals surface area contributed by atoms with Crippen molar-refractivity contribution in [1.29, 1.82) is 0 Å². The first-order valence-electron chi connectivity index (χ1n) is 6.61. The van der Waals surface area contributed by atoms with E-state index >= 15 is 0 Å². The van der Waals surface area contributed by atoms with Crippen molar-refractivity contribution in [3.8, 4) is 11.1 Å². The lowest BCUT2D eigenvalue weighted by atomic mass is 9.82. The van der Waals surface area contributed by atoms with Gasteiger partial charge in [-0.15, -0.1) is 0 Å². The molecule has 2 aromatic rings. The van der Waals surface area contributed by atoms with Gasteiger partial charge in [-0.05, 0) is 35.6 Å². The molecule has 19 heavy (non-hydrogen) atoms. The van der Waals surface area contributed by atoms with Crippen molar-refractivity contribution < 1.29 is 4.79 Å². The first-order valence-corrected chi connectivity index (χ1v) is 6.61. The van der Waals surface area contributed by atoms with Crippen molar-refractivity contribution in [2.45, 2.75) is 26.3 Å². The molecule has 0 aromatic heterocycles. The Morgan fingerprint density at radius 2 is 1.95 bits per heavy atom. The number of aryl methyl sites for hydroxylation is 1. The van der Waals surface area contributed by atoms with E-state index in [0.29, 0.717) is 0 Å². The predicted octanol–water partition coefficient (Wildman–Crippen LogP) is 3.40. The van der Waals surface area contributed by atoms with Gasteiger partial charge >= 0.3 is 0 Å². The molecule has 0 spiro atoms. The van der Waals surface area contributed by atoms with Gasteiger partial charge < -0.3 is 5.32 Å². The molecule has 0 bridgehead atoms. The Hall–Kier alpha value is -2.09. The number of fused-ring (bicyclic) bond motifs is 3. The Kier molecular flexibility index (Phi) is 2.86. The summed E-state index contributed by atoms with van der Waals surface area (Å²) < 4.78 is 0.